The van der Waals surface area contributed by atoms with Gasteiger partial charge >= 0.3 is 6.18 Å². The molecule has 22 heavy (non-hydrogen) atoms. The van der Waals surface area contributed by atoms with Gasteiger partial charge in [0.2, 0.25) is 0 Å². The summed E-state index contributed by atoms with van der Waals surface area (Å²) in [5, 5.41) is 8.53. The number of hydrogen-bond donors (Lipinski definition) is 2. The topological polar surface area (TPSA) is 72.9 Å². The molecule has 3 heterocycles. The zero-order valence-corrected chi connectivity index (χ0v) is 13.3. The van der Waals surface area contributed by atoms with Crippen molar-refractivity contribution < 1.29 is 18.0 Å². The normalized spacial score (nSPS) is 21.3. The summed E-state index contributed by atoms with van der Waals surface area (Å²) in [6.07, 6.45) is -4.68. The summed E-state index contributed by atoms with van der Waals surface area (Å²) < 4.78 is 41.0. The van der Waals surface area contributed by atoms with E-state index >= 15 is 0 Å². The lowest BCUT2D eigenvalue weighted by Gasteiger charge is -2.33. The molecule has 0 aromatic carbocycles. The lowest BCUT2D eigenvalue weighted by Crippen LogP contribution is -2.35. The average Bonchev–Trinajstić information content (AvgIpc) is 3.05. The predicted octanol–water partition coefficient (Wildman–Crippen LogP) is 3.47. The Morgan fingerprint density at radius 1 is 1.55 bits per heavy atom. The highest BCUT2D eigenvalue weighted by Crippen LogP contribution is 2.46. The van der Waals surface area contributed by atoms with E-state index in [9.17, 15) is 18.0 Å². The average molecular weight is 395 g/mol. The second-order valence-corrected chi connectivity index (χ2v) is 6.60. The van der Waals surface area contributed by atoms with Gasteiger partial charge in [0.25, 0.3) is 5.91 Å². The summed E-state index contributed by atoms with van der Waals surface area (Å²) in [6, 6.07) is 1.22. The van der Waals surface area contributed by atoms with E-state index in [2.05, 4.69) is 26.3 Å². The fourth-order valence-electron chi connectivity index (χ4n) is 2.42. The van der Waals surface area contributed by atoms with Crippen LogP contribution >= 0.6 is 27.3 Å². The fraction of sp³-hybridized carbons (Fsp3) is 0.333. The first-order valence-electron chi connectivity index (χ1n) is 6.23. The quantitative estimate of drug-likeness (QED) is 0.818. The highest BCUT2D eigenvalue weighted by atomic mass is 79.9. The molecule has 0 fully saturated rings. The van der Waals surface area contributed by atoms with Crippen LogP contribution in [0.3, 0.4) is 0 Å². The van der Waals surface area contributed by atoms with Gasteiger partial charge in [-0.2, -0.15) is 18.3 Å². The molecule has 1 aliphatic heterocycles. The highest BCUT2D eigenvalue weighted by molar-refractivity contribution is 9.10. The maximum atomic E-state index is 13.4. The van der Waals surface area contributed by atoms with Gasteiger partial charge in [0.05, 0.1) is 10.5 Å². The number of nitrogens with one attached hydrogen (secondary N) is 1. The smallest absolute Gasteiger partial charge is 0.364 e. The maximum absolute atomic E-state index is 13.4. The summed E-state index contributed by atoms with van der Waals surface area (Å²) in [6.45, 7) is 0. The number of hydrogen-bond acceptors (Lipinski definition) is 4. The Balaban J connectivity index is 2.10. The minimum atomic E-state index is -4.48. The molecule has 2 aromatic heterocycles. The van der Waals surface area contributed by atoms with Crippen molar-refractivity contribution in [1.29, 1.82) is 0 Å². The number of halogens is 4. The molecule has 1 amide bonds. The van der Waals surface area contributed by atoms with Crippen molar-refractivity contribution in [2.24, 2.45) is 5.73 Å². The second-order valence-electron chi connectivity index (χ2n) is 4.83. The minimum Gasteiger partial charge on any atom is -0.364 e. The van der Waals surface area contributed by atoms with Crippen molar-refractivity contribution in [3.8, 4) is 0 Å². The number of alkyl halides is 3. The van der Waals surface area contributed by atoms with Gasteiger partial charge in [-0.15, -0.1) is 11.3 Å². The van der Waals surface area contributed by atoms with Crippen LogP contribution in [-0.4, -0.2) is 21.9 Å². The molecule has 1 aliphatic rings. The number of fused-ring (bicyclic) bond motifs is 1. The van der Waals surface area contributed by atoms with Gasteiger partial charge in [-0.25, -0.2) is 4.68 Å². The number of primary amides is 1. The van der Waals surface area contributed by atoms with E-state index in [1.165, 1.54) is 11.3 Å². The Kier molecular flexibility index (Phi) is 3.68. The molecular weight excluding hydrogens is 385 g/mol. The number of nitrogens with zero attached hydrogens (tertiary/aromatic N) is 2. The van der Waals surface area contributed by atoms with Gasteiger partial charge in [-0.05, 0) is 27.4 Å². The van der Waals surface area contributed by atoms with Crippen LogP contribution in [0.25, 0.3) is 0 Å². The maximum Gasteiger partial charge on any atom is 0.410 e. The number of thiophene rings is 1. The number of nitrogens with two attached hydrogens (primary N) is 1. The Morgan fingerprint density at radius 2 is 2.27 bits per heavy atom. The van der Waals surface area contributed by atoms with Crippen molar-refractivity contribution in [2.45, 2.75) is 24.7 Å². The molecule has 0 aliphatic carbocycles. The molecule has 2 aromatic rings. The van der Waals surface area contributed by atoms with Crippen LogP contribution in [0.5, 0.6) is 0 Å². The van der Waals surface area contributed by atoms with E-state index in [1.807, 2.05) is 0 Å². The fourth-order valence-corrected chi connectivity index (χ4v) is 3.78. The molecule has 5 nitrogen and oxygen atoms in total. The van der Waals surface area contributed by atoms with E-state index in [-0.39, 0.29) is 22.4 Å². The van der Waals surface area contributed by atoms with Crippen LogP contribution in [0.15, 0.2) is 22.0 Å². The number of anilines is 1. The number of carbonyl (C=O) groups is 1. The molecule has 0 saturated carbocycles. The van der Waals surface area contributed by atoms with E-state index in [0.29, 0.717) is 0 Å². The molecule has 2 atom stereocenters. The number of aromatic nitrogens is 2. The van der Waals surface area contributed by atoms with Crippen molar-refractivity contribution in [2.75, 3.05) is 5.32 Å². The Labute approximate surface area is 135 Å². The Morgan fingerprint density at radius 3 is 2.82 bits per heavy atom. The second kappa shape index (κ2) is 5.27. The summed E-state index contributed by atoms with van der Waals surface area (Å²) in [5.41, 5.74) is 4.94. The summed E-state index contributed by atoms with van der Waals surface area (Å²) in [5.74, 6) is -0.773. The van der Waals surface area contributed by atoms with Crippen molar-refractivity contribution in [3.05, 3.63) is 32.6 Å². The van der Waals surface area contributed by atoms with Crippen LogP contribution in [0.1, 0.15) is 33.9 Å². The van der Waals surface area contributed by atoms with Crippen molar-refractivity contribution in [3.63, 3.8) is 0 Å². The first-order valence-corrected chi connectivity index (χ1v) is 7.90. The van der Waals surface area contributed by atoms with Crippen LogP contribution in [0.4, 0.5) is 19.0 Å². The molecule has 3 N–H and O–H groups in total. The van der Waals surface area contributed by atoms with E-state index < -0.39 is 24.2 Å². The van der Waals surface area contributed by atoms with E-state index in [4.69, 9.17) is 5.73 Å². The van der Waals surface area contributed by atoms with Crippen LogP contribution in [0, 0.1) is 0 Å². The van der Waals surface area contributed by atoms with Gasteiger partial charge in [0.15, 0.2) is 11.7 Å². The molecule has 0 saturated heterocycles. The third-order valence-electron chi connectivity index (χ3n) is 3.42. The lowest BCUT2D eigenvalue weighted by molar-refractivity contribution is -0.173. The largest absolute Gasteiger partial charge is 0.410 e. The van der Waals surface area contributed by atoms with Crippen LogP contribution in [0.2, 0.25) is 0 Å². The molecule has 0 radical (unpaired) electrons. The third kappa shape index (κ3) is 2.50. The van der Waals surface area contributed by atoms with Crippen LogP contribution in [-0.2, 0) is 0 Å². The van der Waals surface area contributed by atoms with Crippen molar-refractivity contribution in [1.82, 2.24) is 9.78 Å². The Bertz CT molecular complexity index is 713. The molecular formula is C12H10BrF3N4OS. The SMILES string of the molecule is NC(=O)c1nn2c(c1Br)N[C@@H](c1cccs1)C[C@@H]2C(F)(F)F. The third-order valence-corrected chi connectivity index (χ3v) is 5.15. The number of amides is 1. The van der Waals surface area contributed by atoms with Gasteiger partial charge in [-0.1, -0.05) is 6.07 Å². The zero-order chi connectivity index (χ0) is 16.1. The first kappa shape index (κ1) is 15.3. The van der Waals surface area contributed by atoms with Gasteiger partial charge in [-0.3, -0.25) is 4.79 Å². The zero-order valence-electron chi connectivity index (χ0n) is 10.9. The standard InChI is InChI=1S/C12H10BrF3N4OS/c13-8-9(10(17)21)19-20-7(12(14,15)16)4-5(18-11(8)20)6-2-1-3-22-6/h1-3,5,7,18H,4H2,(H2,17,21)/t5-,7-/m1/s1. The summed E-state index contributed by atoms with van der Waals surface area (Å²) in [7, 11) is 0. The van der Waals surface area contributed by atoms with E-state index in [0.717, 1.165) is 9.56 Å². The summed E-state index contributed by atoms with van der Waals surface area (Å²) in [4.78, 5) is 12.1. The monoisotopic (exact) mass is 394 g/mol. The lowest BCUT2D eigenvalue weighted by atomic mass is 10.0. The highest BCUT2D eigenvalue weighted by Gasteiger charge is 2.47. The minimum absolute atomic E-state index is 0.112. The van der Waals surface area contributed by atoms with Crippen LogP contribution < -0.4 is 11.1 Å². The van der Waals surface area contributed by atoms with Gasteiger partial charge in [0.1, 0.15) is 5.82 Å². The van der Waals surface area contributed by atoms with Gasteiger partial charge in [0, 0.05) is 11.3 Å². The summed E-state index contributed by atoms with van der Waals surface area (Å²) >= 11 is 4.48. The molecule has 118 valence electrons. The molecule has 3 rings (SSSR count). The molecule has 0 bridgehead atoms. The first-order chi connectivity index (χ1) is 10.3. The number of carbonyl (C=O) groups excluding carboxylic acids is 1. The number of rotatable bonds is 2. The van der Waals surface area contributed by atoms with E-state index in [1.54, 1.807) is 17.5 Å². The van der Waals surface area contributed by atoms with Gasteiger partial charge < -0.3 is 11.1 Å². The predicted molar refractivity (Wildman–Crippen MR) is 78.8 cm³/mol. The Hall–Kier alpha value is -1.55. The molecule has 0 spiro atoms. The molecule has 0 unspecified atom stereocenters. The van der Waals surface area contributed by atoms with Crippen molar-refractivity contribution >= 4 is 39.0 Å². The molecule has 10 heteroatoms.